The van der Waals surface area contributed by atoms with Crippen LogP contribution in [0.5, 0.6) is 0 Å². The summed E-state index contributed by atoms with van der Waals surface area (Å²) in [5.41, 5.74) is -0.446. The van der Waals surface area contributed by atoms with Gasteiger partial charge in [-0.1, -0.05) is 0 Å². The van der Waals surface area contributed by atoms with Gasteiger partial charge in [-0.15, -0.1) is 0 Å². The van der Waals surface area contributed by atoms with Gasteiger partial charge in [-0.05, 0) is 20.8 Å². The van der Waals surface area contributed by atoms with Gasteiger partial charge in [-0.2, -0.15) is 0 Å². The molecule has 0 radical (unpaired) electrons. The highest BCUT2D eigenvalue weighted by Crippen LogP contribution is 2.07. The molecule has 19 heavy (non-hydrogen) atoms. The predicted molar refractivity (Wildman–Crippen MR) is 72.8 cm³/mol. The summed E-state index contributed by atoms with van der Waals surface area (Å²) in [5.74, 6) is -0.258. The number of hydrogen-bond acceptors (Lipinski definition) is 5. The molecule has 2 N–H and O–H groups in total. The van der Waals surface area contributed by atoms with Crippen LogP contribution in [0.15, 0.2) is 0 Å². The topological polar surface area (TPSA) is 76.7 Å². The predicted octanol–water partition coefficient (Wildman–Crippen LogP) is 0.461. The van der Waals surface area contributed by atoms with Crippen LogP contribution in [0.1, 0.15) is 33.6 Å². The highest BCUT2D eigenvalue weighted by Gasteiger charge is 2.15. The van der Waals surface area contributed by atoms with E-state index in [0.717, 1.165) is 0 Å². The van der Waals surface area contributed by atoms with E-state index in [1.165, 1.54) is 0 Å². The SMILES string of the molecule is COCCNC(=O)CCNCCC(=O)OC(C)(C)C. The van der Waals surface area contributed by atoms with Crippen molar-refractivity contribution in [3.63, 3.8) is 0 Å². The Balaban J connectivity index is 3.44. The van der Waals surface area contributed by atoms with Gasteiger partial charge in [0, 0.05) is 33.2 Å². The minimum atomic E-state index is -0.446. The summed E-state index contributed by atoms with van der Waals surface area (Å²) < 4.78 is 9.98. The zero-order valence-electron chi connectivity index (χ0n) is 12.4. The van der Waals surface area contributed by atoms with Crippen LogP contribution >= 0.6 is 0 Å². The summed E-state index contributed by atoms with van der Waals surface area (Å²) in [4.78, 5) is 22.7. The molecule has 0 saturated heterocycles. The van der Waals surface area contributed by atoms with Crippen LogP contribution in [0.2, 0.25) is 0 Å². The third kappa shape index (κ3) is 13.1. The molecule has 0 bridgehead atoms. The van der Waals surface area contributed by atoms with Gasteiger partial charge in [0.1, 0.15) is 5.60 Å². The second-order valence-electron chi connectivity index (χ2n) is 5.18. The lowest BCUT2D eigenvalue weighted by Gasteiger charge is -2.19. The van der Waals surface area contributed by atoms with Crippen molar-refractivity contribution in [2.45, 2.75) is 39.2 Å². The van der Waals surface area contributed by atoms with Gasteiger partial charge in [0.05, 0.1) is 13.0 Å². The highest BCUT2D eigenvalue weighted by atomic mass is 16.6. The molecule has 0 atom stereocenters. The number of esters is 1. The Bertz CT molecular complexity index is 274. The van der Waals surface area contributed by atoms with Crippen LogP contribution in [0.25, 0.3) is 0 Å². The monoisotopic (exact) mass is 274 g/mol. The maximum atomic E-state index is 11.4. The second-order valence-corrected chi connectivity index (χ2v) is 5.18. The van der Waals surface area contributed by atoms with E-state index < -0.39 is 5.60 Å². The molecule has 0 spiro atoms. The van der Waals surface area contributed by atoms with E-state index in [9.17, 15) is 9.59 Å². The number of methoxy groups -OCH3 is 1. The number of rotatable bonds is 9. The molecule has 0 aromatic rings. The van der Waals surface area contributed by atoms with E-state index in [-0.39, 0.29) is 11.9 Å². The first kappa shape index (κ1) is 17.9. The molecular formula is C13H26N2O4. The van der Waals surface area contributed by atoms with Crippen molar-refractivity contribution in [1.82, 2.24) is 10.6 Å². The van der Waals surface area contributed by atoms with E-state index in [1.54, 1.807) is 7.11 Å². The number of carbonyl (C=O) groups excluding carboxylic acids is 2. The summed E-state index contributed by atoms with van der Waals surface area (Å²) in [5, 5.41) is 5.75. The van der Waals surface area contributed by atoms with Gasteiger partial charge in [0.15, 0.2) is 0 Å². The summed E-state index contributed by atoms with van der Waals surface area (Å²) in [6.45, 7) is 7.60. The molecule has 0 fully saturated rings. The summed E-state index contributed by atoms with van der Waals surface area (Å²) in [6.07, 6.45) is 0.695. The molecule has 6 heteroatoms. The van der Waals surface area contributed by atoms with Crippen LogP contribution in [0.4, 0.5) is 0 Å². The molecule has 0 aliphatic carbocycles. The average molecular weight is 274 g/mol. The molecule has 112 valence electrons. The molecule has 0 aliphatic rings. The van der Waals surface area contributed by atoms with Crippen LogP contribution in [-0.4, -0.2) is 50.8 Å². The number of nitrogens with one attached hydrogen (secondary N) is 2. The zero-order valence-corrected chi connectivity index (χ0v) is 12.4. The van der Waals surface area contributed by atoms with Crippen molar-refractivity contribution in [3.8, 4) is 0 Å². The Morgan fingerprint density at radius 3 is 2.26 bits per heavy atom. The van der Waals surface area contributed by atoms with Crippen molar-refractivity contribution in [1.29, 1.82) is 0 Å². The van der Waals surface area contributed by atoms with E-state index in [4.69, 9.17) is 9.47 Å². The van der Waals surface area contributed by atoms with Gasteiger partial charge >= 0.3 is 5.97 Å². The van der Waals surface area contributed by atoms with Gasteiger partial charge in [0.25, 0.3) is 0 Å². The van der Waals surface area contributed by atoms with E-state index in [1.807, 2.05) is 20.8 Å². The number of carbonyl (C=O) groups is 2. The fourth-order valence-electron chi connectivity index (χ4n) is 1.29. The molecule has 0 rings (SSSR count). The largest absolute Gasteiger partial charge is 0.460 e. The molecule has 0 aliphatic heterocycles. The Hall–Kier alpha value is -1.14. The number of amides is 1. The molecule has 1 amide bonds. The number of ether oxygens (including phenoxy) is 2. The molecule has 0 heterocycles. The minimum Gasteiger partial charge on any atom is -0.460 e. The second kappa shape index (κ2) is 9.75. The fraction of sp³-hybridized carbons (Fsp3) is 0.846. The van der Waals surface area contributed by atoms with Crippen molar-refractivity contribution in [2.75, 3.05) is 33.4 Å². The third-order valence-corrected chi connectivity index (χ3v) is 2.08. The van der Waals surface area contributed by atoms with E-state index in [2.05, 4.69) is 10.6 Å². The standard InChI is InChI=1S/C13H26N2O4/c1-13(2,3)19-12(17)6-8-14-7-5-11(16)15-9-10-18-4/h14H,5-10H2,1-4H3,(H,15,16). The first-order valence-electron chi connectivity index (χ1n) is 6.53. The molecule has 0 saturated carbocycles. The van der Waals surface area contributed by atoms with Crippen LogP contribution < -0.4 is 10.6 Å². The molecule has 0 unspecified atom stereocenters. The number of hydrogen-bond donors (Lipinski definition) is 2. The normalized spacial score (nSPS) is 11.2. The maximum absolute atomic E-state index is 11.4. The average Bonchev–Trinajstić information content (AvgIpc) is 2.26. The maximum Gasteiger partial charge on any atom is 0.307 e. The van der Waals surface area contributed by atoms with Crippen molar-refractivity contribution in [3.05, 3.63) is 0 Å². The van der Waals surface area contributed by atoms with Crippen LogP contribution in [-0.2, 0) is 19.1 Å². The Morgan fingerprint density at radius 1 is 1.05 bits per heavy atom. The zero-order chi connectivity index (χ0) is 14.7. The smallest absolute Gasteiger partial charge is 0.307 e. The minimum absolute atomic E-state index is 0.0261. The van der Waals surface area contributed by atoms with Gasteiger partial charge in [0.2, 0.25) is 5.91 Å². The van der Waals surface area contributed by atoms with Gasteiger partial charge < -0.3 is 20.1 Å². The van der Waals surface area contributed by atoms with E-state index in [0.29, 0.717) is 39.1 Å². The van der Waals surface area contributed by atoms with Crippen molar-refractivity contribution < 1.29 is 19.1 Å². The summed E-state index contributed by atoms with van der Waals surface area (Å²) in [7, 11) is 1.59. The Morgan fingerprint density at radius 2 is 1.68 bits per heavy atom. The Labute approximate surface area is 115 Å². The Kier molecular flexibility index (Phi) is 9.16. The van der Waals surface area contributed by atoms with E-state index >= 15 is 0 Å². The lowest BCUT2D eigenvalue weighted by Crippen LogP contribution is -2.31. The first-order valence-corrected chi connectivity index (χ1v) is 6.53. The first-order chi connectivity index (χ1) is 8.85. The molecule has 6 nitrogen and oxygen atoms in total. The lowest BCUT2D eigenvalue weighted by atomic mass is 10.2. The van der Waals surface area contributed by atoms with Crippen molar-refractivity contribution in [2.24, 2.45) is 0 Å². The van der Waals surface area contributed by atoms with Crippen LogP contribution in [0.3, 0.4) is 0 Å². The summed E-state index contributed by atoms with van der Waals surface area (Å²) in [6, 6.07) is 0. The van der Waals surface area contributed by atoms with Crippen LogP contribution in [0, 0.1) is 0 Å². The van der Waals surface area contributed by atoms with Crippen molar-refractivity contribution >= 4 is 11.9 Å². The quantitative estimate of drug-likeness (QED) is 0.472. The molecular weight excluding hydrogens is 248 g/mol. The highest BCUT2D eigenvalue weighted by molar-refractivity contribution is 5.76. The van der Waals surface area contributed by atoms with Gasteiger partial charge in [-0.25, -0.2) is 0 Å². The fourth-order valence-corrected chi connectivity index (χ4v) is 1.29. The molecule has 0 aromatic carbocycles. The third-order valence-electron chi connectivity index (χ3n) is 2.08. The molecule has 0 aromatic heterocycles. The summed E-state index contributed by atoms with van der Waals surface area (Å²) >= 11 is 0. The van der Waals surface area contributed by atoms with Gasteiger partial charge in [-0.3, -0.25) is 9.59 Å². The lowest BCUT2D eigenvalue weighted by molar-refractivity contribution is -0.154.